The van der Waals surface area contributed by atoms with Gasteiger partial charge in [0.25, 0.3) is 0 Å². The third-order valence-electron chi connectivity index (χ3n) is 2.88. The Morgan fingerprint density at radius 1 is 1.11 bits per heavy atom. The van der Waals surface area contributed by atoms with Gasteiger partial charge in [-0.3, -0.25) is 0 Å². The van der Waals surface area contributed by atoms with Gasteiger partial charge in [-0.2, -0.15) is 0 Å². The van der Waals surface area contributed by atoms with Crippen molar-refractivity contribution in [3.63, 3.8) is 0 Å². The third-order valence-corrected chi connectivity index (χ3v) is 3.16. The monoisotopic (exact) mass is 275 g/mol. The Bertz CT molecular complexity index is 510. The fourth-order valence-electron chi connectivity index (χ4n) is 1.81. The van der Waals surface area contributed by atoms with Gasteiger partial charge in [0, 0.05) is 6.07 Å². The number of hydrogen-bond donors (Lipinski definition) is 0. The van der Waals surface area contributed by atoms with Crippen LogP contribution in [0.4, 0.5) is 0 Å². The molecule has 0 unspecified atom stereocenters. The second-order valence-electron chi connectivity index (χ2n) is 4.45. The quantitative estimate of drug-likeness (QED) is 0.696. The maximum absolute atomic E-state index is 5.75. The molecule has 0 radical (unpaired) electrons. The number of hydrogen-bond acceptors (Lipinski definition) is 2. The van der Waals surface area contributed by atoms with E-state index < -0.39 is 0 Å². The highest BCUT2D eigenvalue weighted by Crippen LogP contribution is 2.21. The number of alkyl halides is 1. The van der Waals surface area contributed by atoms with E-state index in [0.717, 1.165) is 17.9 Å². The largest absolute Gasteiger partial charge is 0.439 e. The number of ether oxygens (including phenoxy) is 1. The molecule has 0 amide bonds. The molecule has 0 N–H and O–H groups in total. The summed E-state index contributed by atoms with van der Waals surface area (Å²) in [6.07, 6.45) is 3.56. The molecular formula is C16H18ClNO. The molecule has 0 fully saturated rings. The first kappa shape index (κ1) is 13.9. The van der Waals surface area contributed by atoms with Crippen LogP contribution in [0.2, 0.25) is 0 Å². The van der Waals surface area contributed by atoms with E-state index in [9.17, 15) is 0 Å². The zero-order chi connectivity index (χ0) is 13.5. The van der Waals surface area contributed by atoms with Crippen molar-refractivity contribution in [2.75, 3.05) is 0 Å². The van der Waals surface area contributed by atoms with Crippen LogP contribution in [0.15, 0.2) is 42.5 Å². The molecule has 0 spiro atoms. The average molecular weight is 276 g/mol. The van der Waals surface area contributed by atoms with Gasteiger partial charge in [0.2, 0.25) is 5.88 Å². The van der Waals surface area contributed by atoms with E-state index in [-0.39, 0.29) is 0 Å². The van der Waals surface area contributed by atoms with Crippen LogP contribution < -0.4 is 4.74 Å². The van der Waals surface area contributed by atoms with Crippen LogP contribution in [0.5, 0.6) is 11.6 Å². The molecule has 0 atom stereocenters. The number of nitrogens with zero attached hydrogens (tertiary/aromatic N) is 1. The minimum atomic E-state index is 0.396. The van der Waals surface area contributed by atoms with Crippen LogP contribution in [-0.4, -0.2) is 4.98 Å². The van der Waals surface area contributed by atoms with E-state index >= 15 is 0 Å². The van der Waals surface area contributed by atoms with Crippen molar-refractivity contribution in [1.29, 1.82) is 0 Å². The van der Waals surface area contributed by atoms with Gasteiger partial charge in [0.05, 0.1) is 11.6 Å². The Morgan fingerprint density at radius 2 is 1.89 bits per heavy atom. The minimum Gasteiger partial charge on any atom is -0.439 e. The summed E-state index contributed by atoms with van der Waals surface area (Å²) in [5, 5.41) is 0. The summed E-state index contributed by atoms with van der Waals surface area (Å²) in [5.41, 5.74) is 2.16. The van der Waals surface area contributed by atoms with Gasteiger partial charge in [0.15, 0.2) is 0 Å². The summed E-state index contributed by atoms with van der Waals surface area (Å²) in [5.74, 6) is 1.78. The Morgan fingerprint density at radius 3 is 2.58 bits per heavy atom. The van der Waals surface area contributed by atoms with Crippen LogP contribution in [0, 0.1) is 0 Å². The Hall–Kier alpha value is -1.54. The fourth-order valence-corrected chi connectivity index (χ4v) is 1.96. The first-order valence-corrected chi connectivity index (χ1v) is 7.14. The molecule has 19 heavy (non-hydrogen) atoms. The fraction of sp³-hybridized carbons (Fsp3) is 0.312. The van der Waals surface area contributed by atoms with Crippen molar-refractivity contribution in [3.8, 4) is 11.6 Å². The minimum absolute atomic E-state index is 0.396. The topological polar surface area (TPSA) is 22.1 Å². The summed E-state index contributed by atoms with van der Waals surface area (Å²) in [4.78, 5) is 4.30. The summed E-state index contributed by atoms with van der Waals surface area (Å²) in [6, 6.07) is 13.8. The summed E-state index contributed by atoms with van der Waals surface area (Å²) >= 11 is 5.75. The summed E-state index contributed by atoms with van der Waals surface area (Å²) in [7, 11) is 0. The van der Waals surface area contributed by atoms with Crippen molar-refractivity contribution < 1.29 is 4.74 Å². The molecule has 0 aliphatic heterocycles. The normalized spacial score (nSPS) is 10.4. The number of unbranched alkanes of at least 4 members (excludes halogenated alkanes) is 1. The molecule has 0 bridgehead atoms. The molecule has 0 saturated carbocycles. The van der Waals surface area contributed by atoms with E-state index in [1.807, 2.05) is 30.3 Å². The lowest BCUT2D eigenvalue weighted by atomic mass is 10.1. The molecule has 0 saturated heterocycles. The third kappa shape index (κ3) is 4.25. The maximum Gasteiger partial charge on any atom is 0.219 e. The van der Waals surface area contributed by atoms with Gasteiger partial charge in [-0.15, -0.1) is 11.6 Å². The predicted octanol–water partition coefficient (Wildman–Crippen LogP) is 4.96. The van der Waals surface area contributed by atoms with Crippen LogP contribution >= 0.6 is 11.6 Å². The van der Waals surface area contributed by atoms with Gasteiger partial charge < -0.3 is 4.74 Å². The van der Waals surface area contributed by atoms with Crippen LogP contribution in [0.1, 0.15) is 31.0 Å². The second kappa shape index (κ2) is 7.15. The number of aromatic nitrogens is 1. The Kier molecular flexibility index (Phi) is 5.22. The summed E-state index contributed by atoms with van der Waals surface area (Å²) in [6.45, 7) is 2.20. The first-order valence-electron chi connectivity index (χ1n) is 6.60. The van der Waals surface area contributed by atoms with E-state index in [1.54, 1.807) is 0 Å². The second-order valence-corrected chi connectivity index (χ2v) is 4.72. The van der Waals surface area contributed by atoms with Crippen molar-refractivity contribution in [2.45, 2.75) is 32.1 Å². The average Bonchev–Trinajstić information content (AvgIpc) is 2.47. The number of benzene rings is 1. The van der Waals surface area contributed by atoms with Crippen molar-refractivity contribution in [3.05, 3.63) is 53.7 Å². The molecule has 3 heteroatoms. The predicted molar refractivity (Wildman–Crippen MR) is 78.9 cm³/mol. The summed E-state index contributed by atoms with van der Waals surface area (Å²) < 4.78 is 5.71. The van der Waals surface area contributed by atoms with E-state index in [0.29, 0.717) is 11.8 Å². The molecule has 0 aliphatic rings. The van der Waals surface area contributed by atoms with Gasteiger partial charge >= 0.3 is 0 Å². The first-order chi connectivity index (χ1) is 9.31. The number of aryl methyl sites for hydroxylation is 1. The molecule has 1 aromatic carbocycles. The number of halogens is 1. The van der Waals surface area contributed by atoms with Crippen molar-refractivity contribution in [1.82, 2.24) is 4.98 Å². The van der Waals surface area contributed by atoms with Gasteiger partial charge in [-0.1, -0.05) is 31.5 Å². The Labute approximate surface area is 119 Å². The van der Waals surface area contributed by atoms with Gasteiger partial charge in [0.1, 0.15) is 5.75 Å². The number of pyridine rings is 1. The Balaban J connectivity index is 2.02. The van der Waals surface area contributed by atoms with E-state index in [1.165, 1.54) is 18.4 Å². The van der Waals surface area contributed by atoms with Crippen molar-refractivity contribution in [2.24, 2.45) is 0 Å². The molecule has 1 heterocycles. The molecular weight excluding hydrogens is 258 g/mol. The lowest BCUT2D eigenvalue weighted by Gasteiger charge is -2.06. The zero-order valence-corrected chi connectivity index (χ0v) is 11.9. The molecule has 2 aromatic rings. The highest BCUT2D eigenvalue weighted by molar-refractivity contribution is 6.16. The van der Waals surface area contributed by atoms with E-state index in [2.05, 4.69) is 24.0 Å². The highest BCUT2D eigenvalue weighted by atomic mass is 35.5. The molecule has 2 rings (SSSR count). The highest BCUT2D eigenvalue weighted by Gasteiger charge is 2.00. The number of rotatable bonds is 6. The van der Waals surface area contributed by atoms with Gasteiger partial charge in [-0.05, 0) is 36.6 Å². The lowest BCUT2D eigenvalue weighted by molar-refractivity contribution is 0.461. The molecule has 1 aromatic heterocycles. The van der Waals surface area contributed by atoms with Crippen LogP contribution in [0.25, 0.3) is 0 Å². The van der Waals surface area contributed by atoms with Crippen molar-refractivity contribution >= 4 is 11.6 Å². The molecule has 2 nitrogen and oxygen atoms in total. The molecule has 100 valence electrons. The standard InChI is InChI=1S/C16H18ClNO/c1-2-3-5-13-8-10-15(11-9-13)19-16-7-4-6-14(12-17)18-16/h4,6-11H,2-3,5,12H2,1H3. The lowest BCUT2D eigenvalue weighted by Crippen LogP contribution is -1.91. The maximum atomic E-state index is 5.75. The SMILES string of the molecule is CCCCc1ccc(Oc2cccc(CCl)n2)cc1. The zero-order valence-electron chi connectivity index (χ0n) is 11.1. The van der Waals surface area contributed by atoms with E-state index in [4.69, 9.17) is 16.3 Å². The van der Waals surface area contributed by atoms with Crippen LogP contribution in [0.3, 0.4) is 0 Å². The molecule has 0 aliphatic carbocycles. The van der Waals surface area contributed by atoms with Crippen LogP contribution in [-0.2, 0) is 12.3 Å². The smallest absolute Gasteiger partial charge is 0.219 e. The van der Waals surface area contributed by atoms with Gasteiger partial charge in [-0.25, -0.2) is 4.98 Å².